The summed E-state index contributed by atoms with van der Waals surface area (Å²) in [6.45, 7) is 7.08. The van der Waals surface area contributed by atoms with Gasteiger partial charge in [-0.05, 0) is 49.5 Å². The Morgan fingerprint density at radius 3 is 2.24 bits per heavy atom. The van der Waals surface area contributed by atoms with Crippen molar-refractivity contribution in [3.8, 4) is 5.75 Å². The van der Waals surface area contributed by atoms with Crippen LogP contribution >= 0.6 is 23.7 Å². The number of hydrogen-bond donors (Lipinski definition) is 0. The van der Waals surface area contributed by atoms with Crippen LogP contribution in [0.5, 0.6) is 5.75 Å². The molecule has 1 amide bonds. The van der Waals surface area contributed by atoms with Crippen LogP contribution in [0.4, 0.5) is 5.13 Å². The van der Waals surface area contributed by atoms with E-state index in [-0.39, 0.29) is 23.2 Å². The summed E-state index contributed by atoms with van der Waals surface area (Å²) in [5.74, 6) is 0.429. The third kappa shape index (κ3) is 5.87. The Kier molecular flexibility index (Phi) is 9.84. The topological polar surface area (TPSA) is 83.1 Å². The number of halogens is 1. The molecule has 0 saturated heterocycles. The van der Waals surface area contributed by atoms with Gasteiger partial charge in [-0.2, -0.15) is 0 Å². The molecule has 1 aromatic heterocycles. The Bertz CT molecular complexity index is 1210. The predicted molar refractivity (Wildman–Crippen MR) is 140 cm³/mol. The van der Waals surface area contributed by atoms with Crippen molar-refractivity contribution in [1.82, 2.24) is 14.2 Å². The highest BCUT2D eigenvalue weighted by molar-refractivity contribution is 7.89. The van der Waals surface area contributed by atoms with Crippen molar-refractivity contribution >= 4 is 55.0 Å². The van der Waals surface area contributed by atoms with E-state index >= 15 is 0 Å². The zero-order chi connectivity index (χ0) is 24.2. The number of methoxy groups -OCH3 is 1. The highest BCUT2D eigenvalue weighted by atomic mass is 35.5. The van der Waals surface area contributed by atoms with Crippen LogP contribution in [0, 0.1) is 0 Å². The number of thiazole rings is 1. The summed E-state index contributed by atoms with van der Waals surface area (Å²) in [7, 11) is 0.984. The van der Waals surface area contributed by atoms with Gasteiger partial charge in [0.05, 0.1) is 16.7 Å². The van der Waals surface area contributed by atoms with Gasteiger partial charge >= 0.3 is 0 Å². The van der Waals surface area contributed by atoms with Crippen LogP contribution in [0.2, 0.25) is 0 Å². The Balaban J connectivity index is 0.00000408. The van der Waals surface area contributed by atoms with E-state index in [9.17, 15) is 13.2 Å². The monoisotopic (exact) mass is 526 g/mol. The maximum atomic E-state index is 13.5. The van der Waals surface area contributed by atoms with Crippen molar-refractivity contribution < 1.29 is 17.9 Å². The van der Waals surface area contributed by atoms with E-state index in [1.54, 1.807) is 24.1 Å². The Morgan fingerprint density at radius 2 is 1.68 bits per heavy atom. The second-order valence-electron chi connectivity index (χ2n) is 7.60. The molecule has 0 aliphatic rings. The summed E-state index contributed by atoms with van der Waals surface area (Å²) in [6.07, 6.45) is 0. The first-order valence-electron chi connectivity index (χ1n) is 10.7. The van der Waals surface area contributed by atoms with Crippen molar-refractivity contribution in [2.45, 2.75) is 18.7 Å². The normalized spacial score (nSPS) is 11.6. The number of rotatable bonds is 10. The van der Waals surface area contributed by atoms with Crippen LogP contribution in [0.15, 0.2) is 47.4 Å². The molecule has 0 bridgehead atoms. The lowest BCUT2D eigenvalue weighted by Gasteiger charge is -2.25. The van der Waals surface area contributed by atoms with E-state index in [0.717, 1.165) is 22.1 Å². The number of amides is 1. The van der Waals surface area contributed by atoms with E-state index in [1.807, 2.05) is 18.2 Å². The molecule has 186 valence electrons. The van der Waals surface area contributed by atoms with Crippen LogP contribution in [0.1, 0.15) is 24.2 Å². The summed E-state index contributed by atoms with van der Waals surface area (Å²) in [6, 6.07) is 11.7. The van der Waals surface area contributed by atoms with Crippen molar-refractivity contribution in [2.75, 3.05) is 52.3 Å². The third-order valence-electron chi connectivity index (χ3n) is 5.48. The SMILES string of the molecule is CCN(CC)CCN(C(=O)c1ccc(S(=O)(=O)N(C)C)cc1)c1nc2c(OC)cccc2s1.Cl. The second kappa shape index (κ2) is 11.9. The number of nitrogens with zero attached hydrogens (tertiary/aromatic N) is 4. The van der Waals surface area contributed by atoms with E-state index in [4.69, 9.17) is 9.72 Å². The minimum atomic E-state index is -3.57. The summed E-state index contributed by atoms with van der Waals surface area (Å²) < 4.78 is 32.3. The fourth-order valence-electron chi connectivity index (χ4n) is 3.39. The lowest BCUT2D eigenvalue weighted by Crippen LogP contribution is -2.38. The van der Waals surface area contributed by atoms with Gasteiger partial charge in [0.1, 0.15) is 11.3 Å². The number of ether oxygens (including phenoxy) is 1. The molecule has 0 spiro atoms. The van der Waals surface area contributed by atoms with Gasteiger partial charge in [-0.3, -0.25) is 9.69 Å². The third-order valence-corrected chi connectivity index (χ3v) is 8.35. The van der Waals surface area contributed by atoms with E-state index < -0.39 is 10.0 Å². The number of para-hydroxylation sites is 1. The Morgan fingerprint density at radius 1 is 1.03 bits per heavy atom. The van der Waals surface area contributed by atoms with Crippen LogP contribution in [0.25, 0.3) is 10.2 Å². The van der Waals surface area contributed by atoms with Gasteiger partial charge in [0.2, 0.25) is 10.0 Å². The molecule has 0 atom stereocenters. The molecule has 0 N–H and O–H groups in total. The molecule has 34 heavy (non-hydrogen) atoms. The van der Waals surface area contributed by atoms with Gasteiger partial charge in [-0.1, -0.05) is 31.3 Å². The standard InChI is InChI=1S/C23H30N4O4S2.ClH/c1-6-26(7-2)15-16-27(23-24-21-19(31-5)9-8-10-20(21)32-23)22(28)17-11-13-18(14-12-17)33(29,30)25(3)4;/h8-14H,6-7,15-16H2,1-5H3;1H. The Labute approximate surface area is 211 Å². The number of hydrogen-bond acceptors (Lipinski definition) is 7. The fraction of sp³-hybridized carbons (Fsp3) is 0.391. The van der Waals surface area contributed by atoms with Crippen molar-refractivity contribution in [3.05, 3.63) is 48.0 Å². The molecule has 0 aliphatic heterocycles. The van der Waals surface area contributed by atoms with Crippen molar-refractivity contribution in [2.24, 2.45) is 0 Å². The number of fused-ring (bicyclic) bond motifs is 1. The summed E-state index contributed by atoms with van der Waals surface area (Å²) in [5.41, 5.74) is 1.12. The lowest BCUT2D eigenvalue weighted by atomic mass is 10.2. The maximum Gasteiger partial charge on any atom is 0.260 e. The summed E-state index contributed by atoms with van der Waals surface area (Å²) >= 11 is 1.43. The van der Waals surface area contributed by atoms with Crippen molar-refractivity contribution in [1.29, 1.82) is 0 Å². The van der Waals surface area contributed by atoms with Gasteiger partial charge in [-0.25, -0.2) is 17.7 Å². The van der Waals surface area contributed by atoms with E-state index in [1.165, 1.54) is 37.6 Å². The quantitative estimate of drug-likeness (QED) is 0.397. The molecule has 8 nitrogen and oxygen atoms in total. The number of anilines is 1. The molecule has 2 aromatic carbocycles. The zero-order valence-electron chi connectivity index (χ0n) is 20.0. The number of aromatic nitrogens is 1. The molecule has 3 aromatic rings. The number of sulfonamides is 1. The second-order valence-corrected chi connectivity index (χ2v) is 10.8. The molecular formula is C23H31ClN4O4S2. The highest BCUT2D eigenvalue weighted by Gasteiger charge is 2.24. The zero-order valence-corrected chi connectivity index (χ0v) is 22.5. The molecule has 3 rings (SSSR count). The predicted octanol–water partition coefficient (Wildman–Crippen LogP) is 3.97. The summed E-state index contributed by atoms with van der Waals surface area (Å²) in [5, 5.41) is 0.580. The van der Waals surface area contributed by atoms with Crippen LogP contribution in [0.3, 0.4) is 0 Å². The van der Waals surface area contributed by atoms with Gasteiger partial charge in [0.25, 0.3) is 5.91 Å². The summed E-state index contributed by atoms with van der Waals surface area (Å²) in [4.78, 5) is 22.3. The first-order chi connectivity index (χ1) is 15.7. The molecule has 0 aliphatic carbocycles. The van der Waals surface area contributed by atoms with E-state index in [0.29, 0.717) is 35.1 Å². The minimum absolute atomic E-state index is 0. The molecule has 0 fully saturated rings. The highest BCUT2D eigenvalue weighted by Crippen LogP contribution is 2.34. The first-order valence-corrected chi connectivity index (χ1v) is 13.0. The number of likely N-dealkylation sites (N-methyl/N-ethyl adjacent to an activating group) is 1. The van der Waals surface area contributed by atoms with Crippen LogP contribution in [-0.4, -0.2) is 75.9 Å². The lowest BCUT2D eigenvalue weighted by molar-refractivity contribution is 0.0983. The molecule has 0 radical (unpaired) electrons. The molecule has 0 saturated carbocycles. The smallest absolute Gasteiger partial charge is 0.260 e. The molecule has 0 unspecified atom stereocenters. The molecular weight excluding hydrogens is 496 g/mol. The van der Waals surface area contributed by atoms with Gasteiger partial charge < -0.3 is 9.64 Å². The average Bonchev–Trinajstić information content (AvgIpc) is 3.25. The van der Waals surface area contributed by atoms with Gasteiger partial charge in [-0.15, -0.1) is 12.4 Å². The molecule has 1 heterocycles. The number of carbonyl (C=O) groups excluding carboxylic acids is 1. The number of benzene rings is 2. The van der Waals surface area contributed by atoms with Crippen LogP contribution < -0.4 is 9.64 Å². The number of carbonyl (C=O) groups is 1. The maximum absolute atomic E-state index is 13.5. The van der Waals surface area contributed by atoms with Crippen molar-refractivity contribution in [3.63, 3.8) is 0 Å². The first kappa shape index (κ1) is 28.0. The molecule has 11 heteroatoms. The van der Waals surface area contributed by atoms with Gasteiger partial charge in [0, 0.05) is 32.7 Å². The minimum Gasteiger partial charge on any atom is -0.494 e. The fourth-order valence-corrected chi connectivity index (χ4v) is 5.30. The largest absolute Gasteiger partial charge is 0.494 e. The van der Waals surface area contributed by atoms with E-state index in [2.05, 4.69) is 18.7 Å². The van der Waals surface area contributed by atoms with Gasteiger partial charge in [0.15, 0.2) is 5.13 Å². The van der Waals surface area contributed by atoms with Crippen LogP contribution in [-0.2, 0) is 10.0 Å². The average molecular weight is 527 g/mol. The Hall–Kier alpha value is -2.24.